The maximum atomic E-state index is 5.09. The van der Waals surface area contributed by atoms with Gasteiger partial charge in [0.2, 0.25) is 0 Å². The minimum Gasteiger partial charge on any atom is -0.411 e. The topological polar surface area (TPSA) is 35.2 Å². The summed E-state index contributed by atoms with van der Waals surface area (Å²) in [5.41, 5.74) is 1.15. The van der Waals surface area contributed by atoms with E-state index in [1.807, 2.05) is 24.3 Å². The van der Waals surface area contributed by atoms with Gasteiger partial charge in [0, 0.05) is 0 Å². The van der Waals surface area contributed by atoms with Crippen LogP contribution in [0.1, 0.15) is 25.3 Å². The highest BCUT2D eigenvalue weighted by molar-refractivity contribution is 5.85. The van der Waals surface area contributed by atoms with E-state index in [0.29, 0.717) is 5.92 Å². The van der Waals surface area contributed by atoms with E-state index < -0.39 is 0 Å². The highest BCUT2D eigenvalue weighted by atomic mass is 35.5. The largest absolute Gasteiger partial charge is 0.411 e. The highest BCUT2D eigenvalue weighted by Gasteiger charge is 2.04. The monoisotopic (exact) mass is 187 g/mol. The lowest BCUT2D eigenvalue weighted by Crippen LogP contribution is -2.04. The first-order chi connectivity index (χ1) is 5.25. The Morgan fingerprint density at radius 3 is 2.25 bits per heavy atom. The molecule has 3 heteroatoms. The molecule has 2 nitrogen and oxygen atoms in total. The molecule has 0 heterocycles. The zero-order valence-corrected chi connectivity index (χ0v) is 8.10. The van der Waals surface area contributed by atoms with E-state index in [4.69, 9.17) is 10.7 Å². The van der Waals surface area contributed by atoms with Gasteiger partial charge >= 0.3 is 0 Å². The van der Waals surface area contributed by atoms with Crippen LogP contribution in [-0.2, 0) is 0 Å². The Morgan fingerprint density at radius 1 is 1.25 bits per heavy atom. The molecule has 0 amide bonds. The molecule has 0 fully saturated rings. The quantitative estimate of drug-likeness (QED) is 0.723. The van der Waals surface area contributed by atoms with Gasteiger partial charge in [-0.05, 0) is 17.5 Å². The molecule has 0 bridgehead atoms. The SMILES string of the molecule is CC(C)c1ccccc1ON.Cl. The number of benzene rings is 1. The average molecular weight is 188 g/mol. The molecule has 12 heavy (non-hydrogen) atoms. The molecule has 0 saturated heterocycles. The van der Waals surface area contributed by atoms with Crippen LogP contribution in [-0.4, -0.2) is 0 Å². The molecule has 0 aromatic heterocycles. The average Bonchev–Trinajstić information content (AvgIpc) is 2.04. The lowest BCUT2D eigenvalue weighted by atomic mass is 10.0. The third-order valence-electron chi connectivity index (χ3n) is 1.67. The van der Waals surface area contributed by atoms with Gasteiger partial charge in [-0.3, -0.25) is 0 Å². The van der Waals surface area contributed by atoms with Gasteiger partial charge in [0.05, 0.1) is 0 Å². The first-order valence-electron chi connectivity index (χ1n) is 3.71. The first kappa shape index (κ1) is 11.3. The van der Waals surface area contributed by atoms with E-state index in [1.165, 1.54) is 0 Å². The molecule has 0 radical (unpaired) electrons. The van der Waals surface area contributed by atoms with Crippen LogP contribution in [0.4, 0.5) is 0 Å². The summed E-state index contributed by atoms with van der Waals surface area (Å²) < 4.78 is 0. The lowest BCUT2D eigenvalue weighted by molar-refractivity contribution is 0.329. The molecular formula is C9H14ClNO. The second-order valence-corrected chi connectivity index (χ2v) is 2.81. The molecule has 0 aliphatic heterocycles. The summed E-state index contributed by atoms with van der Waals surface area (Å²) in [4.78, 5) is 4.71. The Labute approximate surface area is 79.1 Å². The smallest absolute Gasteiger partial charge is 0.150 e. The third kappa shape index (κ3) is 2.40. The normalized spacial score (nSPS) is 9.33. The lowest BCUT2D eigenvalue weighted by Gasteiger charge is -2.09. The van der Waals surface area contributed by atoms with Gasteiger partial charge in [0.25, 0.3) is 0 Å². The number of hydrogen-bond acceptors (Lipinski definition) is 2. The maximum absolute atomic E-state index is 5.09. The molecule has 0 saturated carbocycles. The van der Waals surface area contributed by atoms with Crippen molar-refractivity contribution in [2.45, 2.75) is 19.8 Å². The molecule has 0 atom stereocenters. The zero-order chi connectivity index (χ0) is 8.27. The van der Waals surface area contributed by atoms with E-state index in [0.717, 1.165) is 11.3 Å². The van der Waals surface area contributed by atoms with Crippen molar-refractivity contribution in [1.29, 1.82) is 0 Å². The van der Waals surface area contributed by atoms with Crippen molar-refractivity contribution in [3.8, 4) is 5.75 Å². The van der Waals surface area contributed by atoms with Crippen LogP contribution >= 0.6 is 12.4 Å². The van der Waals surface area contributed by atoms with E-state index >= 15 is 0 Å². The van der Waals surface area contributed by atoms with Crippen molar-refractivity contribution in [2.24, 2.45) is 5.90 Å². The zero-order valence-electron chi connectivity index (χ0n) is 7.28. The number of nitrogens with two attached hydrogens (primary N) is 1. The molecule has 68 valence electrons. The summed E-state index contributed by atoms with van der Waals surface area (Å²) in [6.45, 7) is 4.22. The Hall–Kier alpha value is -0.730. The molecule has 0 spiro atoms. The molecule has 1 rings (SSSR count). The molecule has 1 aromatic rings. The number of halogens is 1. The minimum atomic E-state index is 0. The maximum Gasteiger partial charge on any atom is 0.150 e. The molecular weight excluding hydrogens is 174 g/mol. The highest BCUT2D eigenvalue weighted by Crippen LogP contribution is 2.24. The van der Waals surface area contributed by atoms with Crippen LogP contribution in [0.3, 0.4) is 0 Å². The molecule has 1 aromatic carbocycles. The number of para-hydroxylation sites is 1. The van der Waals surface area contributed by atoms with Crippen molar-refractivity contribution in [2.75, 3.05) is 0 Å². The molecule has 0 aliphatic rings. The summed E-state index contributed by atoms with van der Waals surface area (Å²) in [5.74, 6) is 6.31. The predicted octanol–water partition coefficient (Wildman–Crippen LogP) is 2.48. The van der Waals surface area contributed by atoms with Gasteiger partial charge in [0.1, 0.15) is 5.75 Å². The standard InChI is InChI=1S/C9H13NO.ClH/c1-7(2)8-5-3-4-6-9(8)11-10;/h3-7H,10H2,1-2H3;1H. The predicted molar refractivity (Wildman–Crippen MR) is 52.6 cm³/mol. The van der Waals surface area contributed by atoms with Gasteiger partial charge in [-0.25, -0.2) is 0 Å². The summed E-state index contributed by atoms with van der Waals surface area (Å²) in [5, 5.41) is 0. The van der Waals surface area contributed by atoms with Crippen molar-refractivity contribution in [1.82, 2.24) is 0 Å². The van der Waals surface area contributed by atoms with Crippen LogP contribution in [0, 0.1) is 0 Å². The van der Waals surface area contributed by atoms with E-state index in [1.54, 1.807) is 0 Å². The fourth-order valence-corrected chi connectivity index (χ4v) is 1.06. The summed E-state index contributed by atoms with van der Waals surface area (Å²) in [7, 11) is 0. The van der Waals surface area contributed by atoms with Crippen LogP contribution < -0.4 is 10.7 Å². The van der Waals surface area contributed by atoms with Gasteiger partial charge in [0.15, 0.2) is 0 Å². The molecule has 0 aliphatic carbocycles. The molecule has 2 N–H and O–H groups in total. The second-order valence-electron chi connectivity index (χ2n) is 2.81. The van der Waals surface area contributed by atoms with Crippen LogP contribution in [0.15, 0.2) is 24.3 Å². The van der Waals surface area contributed by atoms with Crippen molar-refractivity contribution < 1.29 is 4.84 Å². The second kappa shape index (κ2) is 5.01. The van der Waals surface area contributed by atoms with Crippen LogP contribution in [0.25, 0.3) is 0 Å². The van der Waals surface area contributed by atoms with Crippen LogP contribution in [0.5, 0.6) is 5.75 Å². The summed E-state index contributed by atoms with van der Waals surface area (Å²) in [6.07, 6.45) is 0. The fraction of sp³-hybridized carbons (Fsp3) is 0.333. The van der Waals surface area contributed by atoms with Crippen LogP contribution in [0.2, 0.25) is 0 Å². The first-order valence-corrected chi connectivity index (χ1v) is 3.71. The number of hydrogen-bond donors (Lipinski definition) is 1. The Balaban J connectivity index is 0.00000121. The van der Waals surface area contributed by atoms with Crippen molar-refractivity contribution in [3.05, 3.63) is 29.8 Å². The summed E-state index contributed by atoms with van der Waals surface area (Å²) in [6, 6.07) is 7.79. The summed E-state index contributed by atoms with van der Waals surface area (Å²) >= 11 is 0. The van der Waals surface area contributed by atoms with Gasteiger partial charge in [-0.2, -0.15) is 5.90 Å². The minimum absolute atomic E-state index is 0. The van der Waals surface area contributed by atoms with E-state index in [2.05, 4.69) is 13.8 Å². The van der Waals surface area contributed by atoms with E-state index in [9.17, 15) is 0 Å². The van der Waals surface area contributed by atoms with Gasteiger partial charge in [-0.15, -0.1) is 12.4 Å². The Morgan fingerprint density at radius 2 is 1.83 bits per heavy atom. The van der Waals surface area contributed by atoms with Gasteiger partial charge < -0.3 is 4.84 Å². The van der Waals surface area contributed by atoms with E-state index in [-0.39, 0.29) is 12.4 Å². The van der Waals surface area contributed by atoms with Gasteiger partial charge in [-0.1, -0.05) is 32.0 Å². The Bertz CT molecular complexity index is 238. The fourth-order valence-electron chi connectivity index (χ4n) is 1.06. The van der Waals surface area contributed by atoms with Crippen molar-refractivity contribution >= 4 is 12.4 Å². The third-order valence-corrected chi connectivity index (χ3v) is 1.67. The van der Waals surface area contributed by atoms with Crippen molar-refractivity contribution in [3.63, 3.8) is 0 Å². The Kier molecular flexibility index (Phi) is 4.71. The molecule has 0 unspecified atom stereocenters. The number of rotatable bonds is 2.